The fourth-order valence-electron chi connectivity index (χ4n) is 3.59. The Bertz CT molecular complexity index is 1250. The highest BCUT2D eigenvalue weighted by Crippen LogP contribution is 2.42. The van der Waals surface area contributed by atoms with Crippen LogP contribution in [-0.2, 0) is 9.59 Å². The lowest BCUT2D eigenvalue weighted by molar-refractivity contribution is -0.132. The molecule has 0 bridgehead atoms. The summed E-state index contributed by atoms with van der Waals surface area (Å²) in [5.41, 5.74) is 1.08. The van der Waals surface area contributed by atoms with Crippen molar-refractivity contribution in [2.24, 2.45) is 0 Å². The fourth-order valence-corrected chi connectivity index (χ4v) is 3.59. The summed E-state index contributed by atoms with van der Waals surface area (Å²) in [5.74, 6) is -0.521. The summed E-state index contributed by atoms with van der Waals surface area (Å²) in [6.07, 6.45) is 0. The number of anilines is 1. The van der Waals surface area contributed by atoms with E-state index in [1.165, 1.54) is 12.0 Å². The number of furan rings is 1. The van der Waals surface area contributed by atoms with Crippen LogP contribution in [0.3, 0.4) is 0 Å². The van der Waals surface area contributed by atoms with Crippen LogP contribution in [-0.4, -0.2) is 23.9 Å². The van der Waals surface area contributed by atoms with Crippen LogP contribution in [0.15, 0.2) is 70.7 Å². The summed E-state index contributed by atoms with van der Waals surface area (Å²) in [4.78, 5) is 27.3. The first-order chi connectivity index (χ1) is 14.9. The number of carbonyl (C=O) groups excluding carboxylic acids is 2. The molecule has 154 valence electrons. The third kappa shape index (κ3) is 3.45. The summed E-state index contributed by atoms with van der Waals surface area (Å²) in [6.45, 7) is 1.75. The Hall–Kier alpha value is -4.31. The van der Waals surface area contributed by atoms with E-state index in [0.29, 0.717) is 34.1 Å². The third-order valence-electron chi connectivity index (χ3n) is 5.09. The Kier molecular flexibility index (Phi) is 5.05. The van der Waals surface area contributed by atoms with Gasteiger partial charge < -0.3 is 14.3 Å². The lowest BCUT2D eigenvalue weighted by atomic mass is 9.99. The maximum absolute atomic E-state index is 13.0. The van der Waals surface area contributed by atoms with Crippen molar-refractivity contribution in [3.8, 4) is 11.8 Å². The summed E-state index contributed by atoms with van der Waals surface area (Å²) in [6, 6.07) is 17.3. The molecule has 0 radical (unpaired) electrons. The van der Waals surface area contributed by atoms with Crippen molar-refractivity contribution in [1.82, 2.24) is 0 Å². The summed E-state index contributed by atoms with van der Waals surface area (Å²) in [5, 5.41) is 20.1. The van der Waals surface area contributed by atoms with E-state index in [0.717, 1.165) is 0 Å². The topological polar surface area (TPSA) is 104 Å². The molecule has 1 saturated heterocycles. The standard InChI is InChI=1S/C24H18N2O5/c1-14-6-11-19(31-14)21-20(22(27)16-4-3-5-18(12-16)30-2)23(28)24(29)26(21)17-9-7-15(13-25)8-10-17/h3-12,21,27H,1-2H3/b22-20-. The van der Waals surface area contributed by atoms with Crippen LogP contribution in [0.4, 0.5) is 5.69 Å². The predicted molar refractivity (Wildman–Crippen MR) is 112 cm³/mol. The first-order valence-corrected chi connectivity index (χ1v) is 9.46. The summed E-state index contributed by atoms with van der Waals surface area (Å²) >= 11 is 0. The molecule has 7 nitrogen and oxygen atoms in total. The van der Waals surface area contributed by atoms with Gasteiger partial charge >= 0.3 is 0 Å². The van der Waals surface area contributed by atoms with Crippen LogP contribution in [0, 0.1) is 18.3 Å². The molecule has 2 aromatic carbocycles. The molecule has 1 unspecified atom stereocenters. The SMILES string of the molecule is COc1cccc(/C(O)=C2/C(=O)C(=O)N(c3ccc(C#N)cc3)C2c2ccc(C)o2)c1. The molecule has 2 heterocycles. The molecule has 1 atom stereocenters. The summed E-state index contributed by atoms with van der Waals surface area (Å²) < 4.78 is 11.0. The van der Waals surface area contributed by atoms with Crippen LogP contribution in [0.2, 0.25) is 0 Å². The normalized spacial score (nSPS) is 17.6. The molecule has 1 aliphatic rings. The highest BCUT2D eigenvalue weighted by atomic mass is 16.5. The van der Waals surface area contributed by atoms with Gasteiger partial charge in [-0.2, -0.15) is 5.26 Å². The van der Waals surface area contributed by atoms with E-state index < -0.39 is 17.7 Å². The molecule has 0 aliphatic carbocycles. The van der Waals surface area contributed by atoms with Gasteiger partial charge in [0.2, 0.25) is 0 Å². The minimum atomic E-state index is -0.965. The molecule has 1 aromatic heterocycles. The number of amides is 1. The zero-order valence-electron chi connectivity index (χ0n) is 16.8. The lowest BCUT2D eigenvalue weighted by Gasteiger charge is -2.23. The number of ether oxygens (including phenoxy) is 1. The monoisotopic (exact) mass is 414 g/mol. The van der Waals surface area contributed by atoms with Gasteiger partial charge in [0.05, 0.1) is 24.3 Å². The van der Waals surface area contributed by atoms with E-state index in [4.69, 9.17) is 14.4 Å². The van der Waals surface area contributed by atoms with E-state index in [-0.39, 0.29) is 11.3 Å². The number of nitriles is 1. The Balaban J connectivity index is 1.92. The molecule has 3 aromatic rings. The van der Waals surface area contributed by atoms with Crippen molar-refractivity contribution in [2.45, 2.75) is 13.0 Å². The number of aliphatic hydroxyl groups excluding tert-OH is 1. The first-order valence-electron chi connectivity index (χ1n) is 9.46. The van der Waals surface area contributed by atoms with E-state index in [9.17, 15) is 14.7 Å². The van der Waals surface area contributed by atoms with Crippen LogP contribution < -0.4 is 9.64 Å². The molecule has 0 saturated carbocycles. The second-order valence-electron chi connectivity index (χ2n) is 7.01. The Labute approximate surface area is 178 Å². The molecule has 1 fully saturated rings. The number of aliphatic hydroxyl groups is 1. The minimum absolute atomic E-state index is 0.0861. The maximum Gasteiger partial charge on any atom is 0.300 e. The second kappa shape index (κ2) is 7.84. The van der Waals surface area contributed by atoms with Gasteiger partial charge in [-0.3, -0.25) is 14.5 Å². The molecular formula is C24H18N2O5. The number of ketones is 1. The number of hydrogen-bond acceptors (Lipinski definition) is 6. The molecular weight excluding hydrogens is 396 g/mol. The summed E-state index contributed by atoms with van der Waals surface area (Å²) in [7, 11) is 1.49. The number of nitrogens with zero attached hydrogens (tertiary/aromatic N) is 2. The van der Waals surface area contributed by atoms with Gasteiger partial charge in [0.25, 0.3) is 11.7 Å². The fraction of sp³-hybridized carbons (Fsp3) is 0.125. The number of rotatable bonds is 4. The van der Waals surface area contributed by atoms with Gasteiger partial charge in [0.15, 0.2) is 0 Å². The largest absolute Gasteiger partial charge is 0.507 e. The average Bonchev–Trinajstić information content (AvgIpc) is 3.34. The van der Waals surface area contributed by atoms with E-state index in [1.54, 1.807) is 67.6 Å². The lowest BCUT2D eigenvalue weighted by Crippen LogP contribution is -2.29. The first kappa shape index (κ1) is 20.0. The molecule has 31 heavy (non-hydrogen) atoms. The van der Waals surface area contributed by atoms with Gasteiger partial charge in [-0.25, -0.2) is 0 Å². The van der Waals surface area contributed by atoms with Gasteiger partial charge in [-0.05, 0) is 55.5 Å². The molecule has 1 N–H and O–H groups in total. The van der Waals surface area contributed by atoms with Crippen molar-refractivity contribution < 1.29 is 23.8 Å². The number of carbonyl (C=O) groups is 2. The van der Waals surface area contributed by atoms with Crippen LogP contribution >= 0.6 is 0 Å². The number of benzene rings is 2. The van der Waals surface area contributed by atoms with Gasteiger partial charge in [-0.1, -0.05) is 12.1 Å². The number of methoxy groups -OCH3 is 1. The predicted octanol–water partition coefficient (Wildman–Crippen LogP) is 4.09. The Morgan fingerprint density at radius 3 is 2.48 bits per heavy atom. The van der Waals surface area contributed by atoms with Crippen molar-refractivity contribution in [3.05, 3.63) is 88.9 Å². The number of Topliss-reactive ketones (excluding diaryl/α,β-unsaturated/α-hetero) is 1. The molecule has 4 rings (SSSR count). The maximum atomic E-state index is 13.0. The zero-order valence-corrected chi connectivity index (χ0v) is 16.8. The Morgan fingerprint density at radius 2 is 1.87 bits per heavy atom. The third-order valence-corrected chi connectivity index (χ3v) is 5.09. The number of hydrogen-bond donors (Lipinski definition) is 1. The van der Waals surface area contributed by atoms with Crippen molar-refractivity contribution in [3.63, 3.8) is 0 Å². The van der Waals surface area contributed by atoms with Gasteiger partial charge in [0, 0.05) is 11.3 Å². The van der Waals surface area contributed by atoms with E-state index >= 15 is 0 Å². The zero-order chi connectivity index (χ0) is 22.1. The van der Waals surface area contributed by atoms with Crippen LogP contribution in [0.25, 0.3) is 5.76 Å². The van der Waals surface area contributed by atoms with E-state index in [1.807, 2.05) is 6.07 Å². The van der Waals surface area contributed by atoms with Gasteiger partial charge in [-0.15, -0.1) is 0 Å². The average molecular weight is 414 g/mol. The number of aryl methyl sites for hydroxylation is 1. The van der Waals surface area contributed by atoms with E-state index in [2.05, 4.69) is 0 Å². The molecule has 1 aliphatic heterocycles. The second-order valence-corrected chi connectivity index (χ2v) is 7.01. The molecule has 7 heteroatoms. The smallest absolute Gasteiger partial charge is 0.300 e. The molecule has 1 amide bonds. The van der Waals surface area contributed by atoms with Crippen LogP contribution in [0.5, 0.6) is 5.75 Å². The quantitative estimate of drug-likeness (QED) is 0.392. The highest BCUT2D eigenvalue weighted by molar-refractivity contribution is 6.51. The molecule has 0 spiro atoms. The Morgan fingerprint density at radius 1 is 1.13 bits per heavy atom. The minimum Gasteiger partial charge on any atom is -0.507 e. The van der Waals surface area contributed by atoms with Crippen molar-refractivity contribution in [1.29, 1.82) is 5.26 Å². The van der Waals surface area contributed by atoms with Crippen LogP contribution in [0.1, 0.15) is 28.7 Å². The van der Waals surface area contributed by atoms with Crippen molar-refractivity contribution in [2.75, 3.05) is 12.0 Å². The van der Waals surface area contributed by atoms with Gasteiger partial charge in [0.1, 0.15) is 29.1 Å². The highest BCUT2D eigenvalue weighted by Gasteiger charge is 2.48. The van der Waals surface area contributed by atoms with Crippen molar-refractivity contribution >= 4 is 23.1 Å².